The normalized spacial score (nSPS) is 29.0. The van der Waals surface area contributed by atoms with Crippen molar-refractivity contribution in [2.45, 2.75) is 209 Å². The number of para-hydroxylation sites is 1. The van der Waals surface area contributed by atoms with E-state index in [1.165, 1.54) is 264 Å². The fourth-order valence-corrected chi connectivity index (χ4v) is 30.2. The van der Waals surface area contributed by atoms with Crippen LogP contribution in [-0.2, 0) is 5.41 Å². The van der Waals surface area contributed by atoms with E-state index in [0.717, 1.165) is 123 Å². The third kappa shape index (κ3) is 13.1. The van der Waals surface area contributed by atoms with Crippen LogP contribution in [0.4, 0.5) is 51.2 Å². The highest BCUT2D eigenvalue weighted by Gasteiger charge is 2.46. The number of hydrogen-bond donors (Lipinski definition) is 0. The number of thiophene rings is 1. The Kier molecular flexibility index (Phi) is 18.5. The molecule has 4 nitrogen and oxygen atoms in total. The molecule has 18 unspecified atom stereocenters. The topological polar surface area (TPSA) is 22.9 Å². The molecule has 12 bridgehead atoms. The molecule has 0 aliphatic heterocycles. The van der Waals surface area contributed by atoms with E-state index in [1.54, 1.807) is 22.3 Å². The number of furan rings is 1. The van der Waals surface area contributed by atoms with Crippen molar-refractivity contribution in [2.24, 2.45) is 71.0 Å². The van der Waals surface area contributed by atoms with E-state index in [2.05, 4.69) is 295 Å². The van der Waals surface area contributed by atoms with Crippen LogP contribution < -0.4 is 14.7 Å². The van der Waals surface area contributed by atoms with Crippen LogP contribution in [-0.4, -0.2) is 0 Å². The summed E-state index contributed by atoms with van der Waals surface area (Å²) in [5.74, 6) is 15.9. The number of hydrogen-bond acceptors (Lipinski definition) is 5. The molecule has 2 aromatic heterocycles. The van der Waals surface area contributed by atoms with E-state index in [1.807, 2.05) is 17.4 Å². The van der Waals surface area contributed by atoms with Gasteiger partial charge in [-0.1, -0.05) is 198 Å². The van der Waals surface area contributed by atoms with Crippen molar-refractivity contribution in [1.82, 2.24) is 0 Å². The largest absolute Gasteiger partial charge is 0.456 e. The summed E-state index contributed by atoms with van der Waals surface area (Å²) < 4.78 is 9.05. The van der Waals surface area contributed by atoms with Crippen LogP contribution in [0.1, 0.15) is 248 Å². The molecular weight excluding hydrogens is 1500 g/mol. The Morgan fingerprint density at radius 3 is 0.910 bits per heavy atom. The van der Waals surface area contributed by atoms with Crippen LogP contribution in [0, 0.1) is 71.0 Å². The molecule has 612 valence electrons. The standard InChI is InChI=1S/C41H43N.C38H37NO.C38H37NS/c1-41(2)39-6-4-3-5-35(39)38-25-34(19-20-40(38)41)42(32-15-11-28(12-16-32)36-23-26-7-9-30(36)21-26)33-17-13-29(14-18-33)37-24-27-8-10-31(37)22-27;2*1-2-4-37-33(3-1)34-18-17-32(23-38(34)40-37)39(30-13-9-26(10-14-30)35-21-24-5-7-28(35)19-24)31-15-11-27(12-16-31)36-22-25-6-8-29(36)20-25/h3-6,11-20,25-27,30-31,36-37H,7-10,21-24H2,1-2H3;2*1-4,9-18,23-25,28-29,35-36H,5-8,19-22H2. The summed E-state index contributed by atoms with van der Waals surface area (Å²) in [5.41, 5.74) is 28.0. The van der Waals surface area contributed by atoms with Gasteiger partial charge in [0.15, 0.2) is 0 Å². The van der Waals surface area contributed by atoms with E-state index in [9.17, 15) is 0 Å². The van der Waals surface area contributed by atoms with Gasteiger partial charge in [-0.15, -0.1) is 11.3 Å². The zero-order chi connectivity index (χ0) is 80.4. The van der Waals surface area contributed by atoms with Crippen molar-refractivity contribution in [3.05, 3.63) is 317 Å². The molecule has 12 saturated carbocycles. The summed E-state index contributed by atoms with van der Waals surface area (Å²) in [6.45, 7) is 4.75. The van der Waals surface area contributed by atoms with Gasteiger partial charge in [0.1, 0.15) is 11.2 Å². The van der Waals surface area contributed by atoms with Gasteiger partial charge in [-0.3, -0.25) is 0 Å². The van der Waals surface area contributed by atoms with E-state index in [4.69, 9.17) is 4.42 Å². The number of rotatable bonds is 15. The van der Waals surface area contributed by atoms with Crippen LogP contribution in [0.25, 0.3) is 53.2 Å². The first-order valence-corrected chi connectivity index (χ1v) is 48.9. The number of nitrogens with zero attached hydrogens (tertiary/aromatic N) is 3. The maximum atomic E-state index is 6.32. The Morgan fingerprint density at radius 1 is 0.238 bits per heavy atom. The Hall–Kier alpha value is -9.94. The second-order valence-corrected chi connectivity index (χ2v) is 42.8. The minimum absolute atomic E-state index is 0.0277. The molecule has 122 heavy (non-hydrogen) atoms. The van der Waals surface area contributed by atoms with E-state index < -0.39 is 0 Å². The van der Waals surface area contributed by atoms with E-state index in [0.29, 0.717) is 0 Å². The van der Waals surface area contributed by atoms with E-state index >= 15 is 0 Å². The van der Waals surface area contributed by atoms with Crippen molar-refractivity contribution < 1.29 is 4.42 Å². The molecule has 13 aliphatic rings. The Labute approximate surface area is 727 Å². The molecule has 0 amide bonds. The zero-order valence-electron chi connectivity index (χ0n) is 71.5. The Morgan fingerprint density at radius 2 is 0.533 bits per heavy atom. The summed E-state index contributed by atoms with van der Waals surface area (Å²) >= 11 is 1.91. The maximum Gasteiger partial charge on any atom is 0.137 e. The molecule has 27 rings (SSSR count). The van der Waals surface area contributed by atoms with Gasteiger partial charge in [0, 0.05) is 93.6 Å². The molecule has 2 heterocycles. The van der Waals surface area contributed by atoms with Crippen molar-refractivity contribution >= 4 is 105 Å². The summed E-state index contributed by atoms with van der Waals surface area (Å²) in [6, 6.07) is 105. The van der Waals surface area contributed by atoms with Crippen molar-refractivity contribution in [3.63, 3.8) is 0 Å². The predicted molar refractivity (Wildman–Crippen MR) is 510 cm³/mol. The van der Waals surface area contributed by atoms with Gasteiger partial charge in [-0.05, 0) is 399 Å². The first kappa shape index (κ1) is 74.7. The number of anilines is 9. The highest BCUT2D eigenvalue weighted by Crippen LogP contribution is 2.61. The minimum atomic E-state index is 0.0277. The fraction of sp³-hybridized carbons (Fsp3) is 0.385. The lowest BCUT2D eigenvalue weighted by Crippen LogP contribution is -2.15. The van der Waals surface area contributed by atoms with Crippen LogP contribution in [0.2, 0.25) is 0 Å². The SMILES string of the molecule is CC1(C)c2ccccc2-c2cc(N(c3ccc(C4CC5CCC4C5)cc3)c3ccc(C4CC5CCC4C5)cc3)ccc21.c1ccc2c(c1)oc1cc(N(c3ccc(C4CC5CCC4C5)cc3)c3ccc(C4CC5CCC4C5)cc3)ccc12.c1ccc2c(c1)sc1cc(N(c3ccc(C4CC5CCC4C5)cc3)c3ccc(C4CC5CCC4C5)cc3)ccc12. The van der Waals surface area contributed by atoms with Crippen LogP contribution in [0.5, 0.6) is 0 Å². The molecule has 12 aromatic carbocycles. The Balaban J connectivity index is 0.000000101. The molecule has 12 fully saturated rings. The van der Waals surface area contributed by atoms with Gasteiger partial charge in [0.2, 0.25) is 0 Å². The fourth-order valence-electron chi connectivity index (χ4n) is 29.0. The minimum Gasteiger partial charge on any atom is -0.456 e. The molecule has 13 aliphatic carbocycles. The summed E-state index contributed by atoms with van der Waals surface area (Å²) in [6.07, 6.45) is 34.5. The lowest BCUT2D eigenvalue weighted by atomic mass is 9.82. The highest BCUT2D eigenvalue weighted by molar-refractivity contribution is 7.25. The molecule has 5 heteroatoms. The average Bonchev–Trinajstić information content (AvgIpc) is 1.57. The van der Waals surface area contributed by atoms with Crippen LogP contribution >= 0.6 is 11.3 Å². The van der Waals surface area contributed by atoms with Crippen molar-refractivity contribution in [2.75, 3.05) is 14.7 Å². The maximum absolute atomic E-state index is 6.32. The lowest BCUT2D eigenvalue weighted by molar-refractivity contribution is 0.420. The zero-order valence-corrected chi connectivity index (χ0v) is 72.3. The van der Waals surface area contributed by atoms with Gasteiger partial charge in [0.05, 0.1) is 0 Å². The molecule has 0 radical (unpaired) electrons. The van der Waals surface area contributed by atoms with Crippen LogP contribution in [0.3, 0.4) is 0 Å². The molecule has 0 N–H and O–H groups in total. The number of benzene rings is 12. The lowest BCUT2D eigenvalue weighted by Gasteiger charge is -2.29. The first-order chi connectivity index (χ1) is 60.1. The molecule has 0 spiro atoms. The summed E-state index contributed by atoms with van der Waals surface area (Å²) in [7, 11) is 0. The van der Waals surface area contributed by atoms with Gasteiger partial charge < -0.3 is 19.1 Å². The highest BCUT2D eigenvalue weighted by atomic mass is 32.1. The second kappa shape index (κ2) is 30.2. The number of fused-ring (bicyclic) bond motifs is 21. The third-order valence-electron chi connectivity index (χ3n) is 35.0. The first-order valence-electron chi connectivity index (χ1n) is 48.1. The molecular formula is C117H117N3OS. The smallest absolute Gasteiger partial charge is 0.137 e. The van der Waals surface area contributed by atoms with Crippen molar-refractivity contribution in [3.8, 4) is 11.1 Å². The quantitative estimate of drug-likeness (QED) is 0.102. The molecule has 0 saturated heterocycles. The van der Waals surface area contributed by atoms with E-state index in [-0.39, 0.29) is 5.41 Å². The van der Waals surface area contributed by atoms with Gasteiger partial charge in [-0.25, -0.2) is 0 Å². The summed E-state index contributed by atoms with van der Waals surface area (Å²) in [4.78, 5) is 7.41. The third-order valence-corrected chi connectivity index (χ3v) is 36.1. The van der Waals surface area contributed by atoms with Gasteiger partial charge >= 0.3 is 0 Å². The second-order valence-electron chi connectivity index (χ2n) is 41.7. The predicted octanol–water partition coefficient (Wildman–Crippen LogP) is 33.5. The monoisotopic (exact) mass is 1610 g/mol. The van der Waals surface area contributed by atoms with Crippen molar-refractivity contribution in [1.29, 1.82) is 0 Å². The molecule has 18 atom stereocenters. The van der Waals surface area contributed by atoms with Gasteiger partial charge in [-0.2, -0.15) is 0 Å². The van der Waals surface area contributed by atoms with Gasteiger partial charge in [0.25, 0.3) is 0 Å². The Bertz CT molecular complexity index is 5780. The van der Waals surface area contributed by atoms with Crippen LogP contribution in [0.15, 0.2) is 277 Å². The molecule has 14 aromatic rings. The average molecular weight is 1610 g/mol. The summed E-state index contributed by atoms with van der Waals surface area (Å²) in [5, 5.41) is 5.09.